The Bertz CT molecular complexity index is 506. The van der Waals surface area contributed by atoms with Crippen molar-refractivity contribution in [3.63, 3.8) is 0 Å². The second-order valence-corrected chi connectivity index (χ2v) is 3.23. The fraction of sp³-hybridized carbons (Fsp3) is 0.0909. The highest BCUT2D eigenvalue weighted by Crippen LogP contribution is 2.26. The van der Waals surface area contributed by atoms with Crippen LogP contribution >= 0.6 is 0 Å². The normalized spacial score (nSPS) is 10.8. The molecule has 0 bridgehead atoms. The number of benzene rings is 2. The SMILES string of the molecule is Cc1cc2ccc(O)cc2c(F)c1F. The minimum absolute atomic E-state index is 0.0698. The van der Waals surface area contributed by atoms with Crippen LogP contribution in [-0.2, 0) is 0 Å². The van der Waals surface area contributed by atoms with Crippen molar-refractivity contribution in [3.8, 4) is 5.75 Å². The molecular weight excluding hydrogens is 186 g/mol. The van der Waals surface area contributed by atoms with Gasteiger partial charge in [-0.25, -0.2) is 8.78 Å². The summed E-state index contributed by atoms with van der Waals surface area (Å²) in [6.07, 6.45) is 0. The van der Waals surface area contributed by atoms with Crippen molar-refractivity contribution in [2.45, 2.75) is 6.92 Å². The van der Waals surface area contributed by atoms with E-state index in [1.165, 1.54) is 19.1 Å². The molecule has 2 aromatic carbocycles. The second kappa shape index (κ2) is 2.94. The van der Waals surface area contributed by atoms with Crippen LogP contribution in [0.5, 0.6) is 5.75 Å². The number of hydrogen-bond acceptors (Lipinski definition) is 1. The summed E-state index contributed by atoms with van der Waals surface area (Å²) in [6, 6.07) is 5.76. The largest absolute Gasteiger partial charge is 0.508 e. The second-order valence-electron chi connectivity index (χ2n) is 3.23. The van der Waals surface area contributed by atoms with Crippen molar-refractivity contribution >= 4 is 10.8 Å². The summed E-state index contributed by atoms with van der Waals surface area (Å²) in [5, 5.41) is 9.81. The van der Waals surface area contributed by atoms with Gasteiger partial charge in [0.2, 0.25) is 0 Å². The molecule has 0 aliphatic carbocycles. The molecule has 0 fully saturated rings. The number of hydrogen-bond donors (Lipinski definition) is 1. The van der Waals surface area contributed by atoms with Crippen LogP contribution in [0.25, 0.3) is 10.8 Å². The number of rotatable bonds is 0. The molecule has 0 aliphatic heterocycles. The zero-order chi connectivity index (χ0) is 10.3. The Morgan fingerprint density at radius 1 is 1.07 bits per heavy atom. The van der Waals surface area contributed by atoms with Gasteiger partial charge in [0.15, 0.2) is 11.6 Å². The molecule has 2 aromatic rings. The van der Waals surface area contributed by atoms with Gasteiger partial charge in [-0.3, -0.25) is 0 Å². The molecule has 0 saturated carbocycles. The average Bonchev–Trinajstić information content (AvgIpc) is 2.16. The zero-order valence-corrected chi connectivity index (χ0v) is 7.51. The molecule has 0 amide bonds. The highest BCUT2D eigenvalue weighted by molar-refractivity contribution is 5.85. The maximum absolute atomic E-state index is 13.4. The molecule has 0 aliphatic rings. The summed E-state index contributed by atoms with van der Waals surface area (Å²) in [4.78, 5) is 0. The van der Waals surface area contributed by atoms with E-state index < -0.39 is 11.6 Å². The van der Waals surface area contributed by atoms with Crippen molar-refractivity contribution in [3.05, 3.63) is 41.5 Å². The van der Waals surface area contributed by atoms with E-state index in [0.29, 0.717) is 5.39 Å². The van der Waals surface area contributed by atoms with Crippen LogP contribution in [0, 0.1) is 18.6 Å². The lowest BCUT2D eigenvalue weighted by atomic mass is 10.1. The first-order chi connectivity index (χ1) is 6.59. The van der Waals surface area contributed by atoms with Crippen LogP contribution in [0.4, 0.5) is 8.78 Å². The van der Waals surface area contributed by atoms with Crippen molar-refractivity contribution in [2.75, 3.05) is 0 Å². The summed E-state index contributed by atoms with van der Waals surface area (Å²) in [6.45, 7) is 1.50. The molecule has 72 valence electrons. The van der Waals surface area contributed by atoms with E-state index in [-0.39, 0.29) is 16.7 Å². The van der Waals surface area contributed by atoms with Crippen molar-refractivity contribution in [2.24, 2.45) is 0 Å². The van der Waals surface area contributed by atoms with Gasteiger partial charge < -0.3 is 5.11 Å². The fourth-order valence-corrected chi connectivity index (χ4v) is 1.45. The predicted octanol–water partition coefficient (Wildman–Crippen LogP) is 3.13. The molecule has 14 heavy (non-hydrogen) atoms. The highest BCUT2D eigenvalue weighted by Gasteiger charge is 2.10. The molecule has 3 heteroatoms. The highest BCUT2D eigenvalue weighted by atomic mass is 19.2. The van der Waals surface area contributed by atoms with Crippen LogP contribution in [0.15, 0.2) is 24.3 Å². The van der Waals surface area contributed by atoms with Gasteiger partial charge in [0, 0.05) is 5.39 Å². The molecule has 0 atom stereocenters. The molecule has 0 heterocycles. The van der Waals surface area contributed by atoms with Crippen molar-refractivity contribution in [1.29, 1.82) is 0 Å². The number of halogens is 2. The number of aryl methyl sites for hydroxylation is 1. The number of fused-ring (bicyclic) bond motifs is 1. The number of phenols is 1. The molecule has 1 N–H and O–H groups in total. The molecule has 0 spiro atoms. The van der Waals surface area contributed by atoms with E-state index in [9.17, 15) is 8.78 Å². The molecule has 0 aromatic heterocycles. The van der Waals surface area contributed by atoms with Gasteiger partial charge in [0.25, 0.3) is 0 Å². The van der Waals surface area contributed by atoms with Crippen LogP contribution in [0.1, 0.15) is 5.56 Å². The lowest BCUT2D eigenvalue weighted by molar-refractivity contribution is 0.475. The standard InChI is InChI=1S/C11H8F2O/c1-6-4-7-2-3-8(14)5-9(7)11(13)10(6)12/h2-5,14H,1H3. The van der Waals surface area contributed by atoms with E-state index in [1.807, 2.05) is 0 Å². The van der Waals surface area contributed by atoms with E-state index in [2.05, 4.69) is 0 Å². The first-order valence-electron chi connectivity index (χ1n) is 4.17. The monoisotopic (exact) mass is 194 g/mol. The maximum atomic E-state index is 13.4. The fourth-order valence-electron chi connectivity index (χ4n) is 1.45. The molecule has 0 unspecified atom stereocenters. The van der Waals surface area contributed by atoms with E-state index in [4.69, 9.17) is 5.11 Å². The zero-order valence-electron chi connectivity index (χ0n) is 7.51. The topological polar surface area (TPSA) is 20.2 Å². The lowest BCUT2D eigenvalue weighted by Gasteiger charge is -2.04. The predicted molar refractivity (Wildman–Crippen MR) is 50.3 cm³/mol. The summed E-state index contributed by atoms with van der Waals surface area (Å²) in [7, 11) is 0. The molecule has 0 radical (unpaired) electrons. The molecule has 0 saturated heterocycles. The van der Waals surface area contributed by atoms with Gasteiger partial charge in [-0.2, -0.15) is 0 Å². The maximum Gasteiger partial charge on any atom is 0.167 e. The first-order valence-corrected chi connectivity index (χ1v) is 4.17. The van der Waals surface area contributed by atoms with Crippen LogP contribution in [-0.4, -0.2) is 5.11 Å². The number of phenolic OH excluding ortho intramolecular Hbond substituents is 1. The Hall–Kier alpha value is -1.64. The van der Waals surface area contributed by atoms with Gasteiger partial charge >= 0.3 is 0 Å². The lowest BCUT2D eigenvalue weighted by Crippen LogP contribution is -1.90. The van der Waals surface area contributed by atoms with Gasteiger partial charge in [-0.05, 0) is 36.1 Å². The van der Waals surface area contributed by atoms with Gasteiger partial charge in [-0.15, -0.1) is 0 Å². The molecule has 1 nitrogen and oxygen atoms in total. The van der Waals surface area contributed by atoms with Crippen LogP contribution in [0.3, 0.4) is 0 Å². The number of aromatic hydroxyl groups is 1. The summed E-state index contributed by atoms with van der Waals surface area (Å²) in [5.41, 5.74) is 0.265. The third kappa shape index (κ3) is 1.21. The Morgan fingerprint density at radius 3 is 2.50 bits per heavy atom. The Morgan fingerprint density at radius 2 is 1.79 bits per heavy atom. The van der Waals surface area contributed by atoms with Crippen molar-refractivity contribution in [1.82, 2.24) is 0 Å². The summed E-state index contributed by atoms with van der Waals surface area (Å²) < 4.78 is 26.5. The smallest absolute Gasteiger partial charge is 0.167 e. The van der Waals surface area contributed by atoms with E-state index in [0.717, 1.165) is 0 Å². The third-order valence-corrected chi connectivity index (χ3v) is 2.18. The van der Waals surface area contributed by atoms with Gasteiger partial charge in [-0.1, -0.05) is 6.07 Å². The van der Waals surface area contributed by atoms with Gasteiger partial charge in [0.1, 0.15) is 5.75 Å². The minimum Gasteiger partial charge on any atom is -0.508 e. The quantitative estimate of drug-likeness (QED) is 0.683. The van der Waals surface area contributed by atoms with Crippen LogP contribution in [0.2, 0.25) is 0 Å². The van der Waals surface area contributed by atoms with E-state index >= 15 is 0 Å². The van der Waals surface area contributed by atoms with Gasteiger partial charge in [0.05, 0.1) is 0 Å². The van der Waals surface area contributed by atoms with Crippen LogP contribution < -0.4 is 0 Å². The third-order valence-electron chi connectivity index (χ3n) is 2.18. The van der Waals surface area contributed by atoms with E-state index in [1.54, 1.807) is 12.1 Å². The van der Waals surface area contributed by atoms with Crippen molar-refractivity contribution < 1.29 is 13.9 Å². The molecule has 2 rings (SSSR count). The average molecular weight is 194 g/mol. The Balaban J connectivity index is 2.92. The summed E-state index contributed by atoms with van der Waals surface area (Å²) in [5.74, 6) is -1.83. The molecular formula is C11H8F2O. The Labute approximate surface area is 79.6 Å². The first kappa shape index (κ1) is 8.94. The summed E-state index contributed by atoms with van der Waals surface area (Å²) >= 11 is 0. The Kier molecular flexibility index (Phi) is 1.88. The minimum atomic E-state index is -0.907.